The number of aromatic nitrogens is 1. The second-order valence-corrected chi connectivity index (χ2v) is 8.32. The van der Waals surface area contributed by atoms with E-state index in [0.717, 1.165) is 52.9 Å². The number of esters is 1. The van der Waals surface area contributed by atoms with Crippen LogP contribution < -0.4 is 9.64 Å². The largest absolute Gasteiger partial charge is 0.493 e. The van der Waals surface area contributed by atoms with Gasteiger partial charge in [-0.15, -0.1) is 0 Å². The Bertz CT molecular complexity index is 1300. The summed E-state index contributed by atoms with van der Waals surface area (Å²) in [5, 5.41) is 1.09. The molecule has 168 valence electrons. The molecule has 33 heavy (non-hydrogen) atoms. The van der Waals surface area contributed by atoms with Crippen LogP contribution >= 0.6 is 0 Å². The van der Waals surface area contributed by atoms with Crippen LogP contribution in [-0.2, 0) is 11.2 Å². The van der Waals surface area contributed by atoms with Gasteiger partial charge < -0.3 is 18.8 Å². The van der Waals surface area contributed by atoms with Crippen molar-refractivity contribution in [3.05, 3.63) is 83.9 Å². The van der Waals surface area contributed by atoms with E-state index in [0.29, 0.717) is 18.1 Å². The Morgan fingerprint density at radius 3 is 2.88 bits per heavy atom. The van der Waals surface area contributed by atoms with Crippen molar-refractivity contribution >= 4 is 28.3 Å². The van der Waals surface area contributed by atoms with Gasteiger partial charge in [-0.3, -0.25) is 4.98 Å². The Kier molecular flexibility index (Phi) is 5.73. The van der Waals surface area contributed by atoms with Gasteiger partial charge in [0, 0.05) is 48.3 Å². The van der Waals surface area contributed by atoms with Gasteiger partial charge in [0.2, 0.25) is 0 Å². The third kappa shape index (κ3) is 4.16. The lowest BCUT2D eigenvalue weighted by Crippen LogP contribution is -2.17. The fourth-order valence-electron chi connectivity index (χ4n) is 4.53. The summed E-state index contributed by atoms with van der Waals surface area (Å²) < 4.78 is 16.5. The Hall–Kier alpha value is -3.80. The number of hydrogen-bond donors (Lipinski definition) is 0. The molecule has 1 atom stereocenters. The Morgan fingerprint density at radius 2 is 2.00 bits per heavy atom. The van der Waals surface area contributed by atoms with E-state index in [4.69, 9.17) is 13.9 Å². The molecule has 0 unspecified atom stereocenters. The van der Waals surface area contributed by atoms with E-state index in [1.165, 1.54) is 12.7 Å². The van der Waals surface area contributed by atoms with E-state index in [9.17, 15) is 4.79 Å². The van der Waals surface area contributed by atoms with Crippen LogP contribution in [0.2, 0.25) is 0 Å². The number of hydrogen-bond acceptors (Lipinski definition) is 6. The van der Waals surface area contributed by atoms with Gasteiger partial charge in [-0.25, -0.2) is 4.79 Å². The molecule has 2 aromatic heterocycles. The number of pyridine rings is 1. The number of ether oxygens (including phenoxy) is 2. The van der Waals surface area contributed by atoms with Crippen LogP contribution in [0, 0.1) is 0 Å². The van der Waals surface area contributed by atoms with E-state index in [2.05, 4.69) is 40.2 Å². The fourth-order valence-corrected chi connectivity index (χ4v) is 4.53. The summed E-state index contributed by atoms with van der Waals surface area (Å²) in [7, 11) is 3.45. The molecule has 0 amide bonds. The molecule has 0 radical (unpaired) electrons. The molecule has 5 rings (SSSR count). The minimum absolute atomic E-state index is 0.319. The highest BCUT2D eigenvalue weighted by Gasteiger charge is 2.23. The predicted octanol–water partition coefficient (Wildman–Crippen LogP) is 5.88. The lowest BCUT2D eigenvalue weighted by atomic mass is 9.87. The number of aryl methyl sites for hydroxylation is 1. The van der Waals surface area contributed by atoms with E-state index >= 15 is 0 Å². The summed E-state index contributed by atoms with van der Waals surface area (Å²) in [5.41, 5.74) is 5.70. The van der Waals surface area contributed by atoms with Crippen molar-refractivity contribution in [3.8, 4) is 5.75 Å². The number of anilines is 2. The summed E-state index contributed by atoms with van der Waals surface area (Å²) in [6.45, 7) is 0.681. The zero-order valence-electron chi connectivity index (χ0n) is 18.8. The van der Waals surface area contributed by atoms with E-state index < -0.39 is 0 Å². The molecule has 3 heterocycles. The van der Waals surface area contributed by atoms with Crippen molar-refractivity contribution in [3.63, 3.8) is 0 Å². The maximum atomic E-state index is 12.1. The Balaban J connectivity index is 1.35. The molecule has 6 nitrogen and oxygen atoms in total. The van der Waals surface area contributed by atoms with Gasteiger partial charge in [0.25, 0.3) is 0 Å². The van der Waals surface area contributed by atoms with Gasteiger partial charge in [-0.2, -0.15) is 0 Å². The molecule has 0 fully saturated rings. The Labute approximate surface area is 192 Å². The van der Waals surface area contributed by atoms with Crippen molar-refractivity contribution in [1.29, 1.82) is 0 Å². The SMILES string of the molecule is COC(=O)c1ccncc1CC[C@@H]1CCOc2cc(N(C)c3ccc4ccoc4c3)ccc21. The second kappa shape index (κ2) is 8.98. The van der Waals surface area contributed by atoms with Crippen LogP contribution in [0.4, 0.5) is 11.4 Å². The minimum Gasteiger partial charge on any atom is -0.493 e. The lowest BCUT2D eigenvalue weighted by Gasteiger charge is -2.28. The van der Waals surface area contributed by atoms with Crippen molar-refractivity contribution in [1.82, 2.24) is 4.98 Å². The van der Waals surface area contributed by atoms with Gasteiger partial charge in [-0.05, 0) is 66.6 Å². The molecule has 0 spiro atoms. The van der Waals surface area contributed by atoms with Crippen LogP contribution in [0.15, 0.2) is 71.6 Å². The molecule has 0 saturated heterocycles. The quantitative estimate of drug-likeness (QED) is 0.347. The molecule has 6 heteroatoms. The standard InChI is InChI=1S/C27H26N2O4/c1-29(21-6-5-19-11-14-32-25(19)15-21)22-7-8-23-18(10-13-33-26(23)16-22)3-4-20-17-28-12-9-24(20)27(30)31-2/h5-9,11-12,14-18H,3-4,10,13H2,1-2H3/t18-/m1/s1. The Morgan fingerprint density at radius 1 is 1.15 bits per heavy atom. The molecule has 2 aromatic carbocycles. The molecule has 0 bridgehead atoms. The van der Waals surface area contributed by atoms with Crippen LogP contribution in [0.3, 0.4) is 0 Å². The fraction of sp³-hybridized carbons (Fsp3) is 0.259. The molecular weight excluding hydrogens is 416 g/mol. The van der Waals surface area contributed by atoms with Gasteiger partial charge in [-0.1, -0.05) is 6.07 Å². The topological polar surface area (TPSA) is 64.8 Å². The average Bonchev–Trinajstić information content (AvgIpc) is 3.34. The first kappa shape index (κ1) is 21.1. The highest BCUT2D eigenvalue weighted by molar-refractivity contribution is 5.90. The van der Waals surface area contributed by atoms with Gasteiger partial charge in [0.05, 0.1) is 25.5 Å². The smallest absolute Gasteiger partial charge is 0.338 e. The molecular formula is C27H26N2O4. The molecule has 1 aliphatic heterocycles. The number of methoxy groups -OCH3 is 1. The number of nitrogens with zero attached hydrogens (tertiary/aromatic N) is 2. The lowest BCUT2D eigenvalue weighted by molar-refractivity contribution is 0.0599. The van der Waals surface area contributed by atoms with Gasteiger partial charge >= 0.3 is 5.97 Å². The van der Waals surface area contributed by atoms with Crippen molar-refractivity contribution in [2.24, 2.45) is 0 Å². The van der Waals surface area contributed by atoms with Gasteiger partial charge in [0.1, 0.15) is 11.3 Å². The highest BCUT2D eigenvalue weighted by atomic mass is 16.5. The molecule has 0 aliphatic carbocycles. The summed E-state index contributed by atoms with van der Waals surface area (Å²) in [5.74, 6) is 0.965. The minimum atomic E-state index is -0.319. The first-order valence-corrected chi connectivity index (χ1v) is 11.1. The number of carbonyl (C=O) groups excluding carboxylic acids is 1. The van der Waals surface area contributed by atoms with Crippen LogP contribution in [0.25, 0.3) is 11.0 Å². The maximum absolute atomic E-state index is 12.1. The van der Waals surface area contributed by atoms with Crippen LogP contribution in [0.5, 0.6) is 5.75 Å². The van der Waals surface area contributed by atoms with Crippen LogP contribution in [0.1, 0.15) is 40.2 Å². The highest BCUT2D eigenvalue weighted by Crippen LogP contribution is 2.40. The normalized spacial score (nSPS) is 15.0. The molecule has 1 aliphatic rings. The second-order valence-electron chi connectivity index (χ2n) is 8.32. The van der Waals surface area contributed by atoms with Crippen molar-refractivity contribution in [2.45, 2.75) is 25.2 Å². The number of furan rings is 1. The van der Waals surface area contributed by atoms with E-state index in [-0.39, 0.29) is 5.97 Å². The first-order chi connectivity index (χ1) is 16.1. The number of fused-ring (bicyclic) bond motifs is 2. The third-order valence-corrected chi connectivity index (χ3v) is 6.45. The molecule has 0 saturated carbocycles. The average molecular weight is 443 g/mol. The summed E-state index contributed by atoms with van der Waals surface area (Å²) in [6, 6.07) is 16.3. The number of carbonyl (C=O) groups is 1. The number of rotatable bonds is 6. The summed E-state index contributed by atoms with van der Waals surface area (Å²) >= 11 is 0. The molecule has 4 aromatic rings. The maximum Gasteiger partial charge on any atom is 0.338 e. The first-order valence-electron chi connectivity index (χ1n) is 11.1. The predicted molar refractivity (Wildman–Crippen MR) is 127 cm³/mol. The summed E-state index contributed by atoms with van der Waals surface area (Å²) in [4.78, 5) is 18.4. The van der Waals surface area contributed by atoms with Crippen molar-refractivity contribution < 1.29 is 18.7 Å². The zero-order valence-corrected chi connectivity index (χ0v) is 18.8. The van der Waals surface area contributed by atoms with Crippen molar-refractivity contribution in [2.75, 3.05) is 25.7 Å². The summed E-state index contributed by atoms with van der Waals surface area (Å²) in [6.07, 6.45) is 7.72. The number of benzene rings is 2. The van der Waals surface area contributed by atoms with Crippen LogP contribution in [-0.4, -0.2) is 31.7 Å². The van der Waals surface area contributed by atoms with E-state index in [1.807, 2.05) is 19.2 Å². The van der Waals surface area contributed by atoms with Gasteiger partial charge in [0.15, 0.2) is 0 Å². The molecule has 0 N–H and O–H groups in total. The van der Waals surface area contributed by atoms with E-state index in [1.54, 1.807) is 24.7 Å². The monoisotopic (exact) mass is 442 g/mol. The third-order valence-electron chi connectivity index (χ3n) is 6.45. The zero-order chi connectivity index (χ0) is 22.8.